The molecule has 0 aliphatic carbocycles. The zero-order chi connectivity index (χ0) is 17.0. The van der Waals surface area contributed by atoms with E-state index in [4.69, 9.17) is 4.74 Å². The molecule has 2 heteroatoms. The first-order valence-corrected chi connectivity index (χ1v) is 9.32. The summed E-state index contributed by atoms with van der Waals surface area (Å²) in [6.45, 7) is 3.04. The topological polar surface area (TPSA) is 29.5 Å². The molecule has 24 heavy (non-hydrogen) atoms. The van der Waals surface area contributed by atoms with Crippen molar-refractivity contribution in [1.29, 1.82) is 0 Å². The highest BCUT2D eigenvalue weighted by Crippen LogP contribution is 2.29. The molecule has 0 spiro atoms. The molecule has 2 aromatic rings. The van der Waals surface area contributed by atoms with E-state index in [1.165, 1.54) is 44.9 Å². The molecule has 0 unspecified atom stereocenters. The van der Waals surface area contributed by atoms with Gasteiger partial charge >= 0.3 is 0 Å². The van der Waals surface area contributed by atoms with Gasteiger partial charge in [0, 0.05) is 5.56 Å². The predicted molar refractivity (Wildman–Crippen MR) is 102 cm³/mol. The molecular formula is C22H30O2. The Balaban J connectivity index is 1.65. The second-order valence-corrected chi connectivity index (χ2v) is 6.36. The van der Waals surface area contributed by atoms with Crippen LogP contribution in [0.25, 0.3) is 11.1 Å². The van der Waals surface area contributed by atoms with Crippen LogP contribution in [0.4, 0.5) is 0 Å². The van der Waals surface area contributed by atoms with Crippen LogP contribution in [0.1, 0.15) is 58.3 Å². The highest BCUT2D eigenvalue weighted by molar-refractivity contribution is 5.70. The second-order valence-electron chi connectivity index (χ2n) is 6.36. The Morgan fingerprint density at radius 3 is 2.04 bits per heavy atom. The molecular weight excluding hydrogens is 296 g/mol. The molecule has 0 fully saturated rings. The van der Waals surface area contributed by atoms with E-state index in [2.05, 4.69) is 6.92 Å². The van der Waals surface area contributed by atoms with Gasteiger partial charge < -0.3 is 9.84 Å². The summed E-state index contributed by atoms with van der Waals surface area (Å²) in [6, 6.07) is 15.4. The molecule has 0 amide bonds. The highest BCUT2D eigenvalue weighted by Gasteiger charge is 2.03. The smallest absolute Gasteiger partial charge is 0.123 e. The summed E-state index contributed by atoms with van der Waals surface area (Å²) >= 11 is 0. The van der Waals surface area contributed by atoms with Crippen LogP contribution >= 0.6 is 0 Å². The lowest BCUT2D eigenvalue weighted by molar-refractivity contribution is 0.304. The van der Waals surface area contributed by atoms with Crippen molar-refractivity contribution in [2.24, 2.45) is 0 Å². The molecule has 0 bridgehead atoms. The first kappa shape index (κ1) is 18.4. The van der Waals surface area contributed by atoms with E-state index in [1.807, 2.05) is 42.5 Å². The van der Waals surface area contributed by atoms with Gasteiger partial charge in [-0.25, -0.2) is 0 Å². The lowest BCUT2D eigenvalue weighted by Gasteiger charge is -2.08. The monoisotopic (exact) mass is 326 g/mol. The minimum atomic E-state index is 0.310. The molecule has 0 saturated heterocycles. The van der Waals surface area contributed by atoms with Crippen molar-refractivity contribution in [3.05, 3.63) is 48.5 Å². The molecule has 130 valence electrons. The lowest BCUT2D eigenvalue weighted by Crippen LogP contribution is -1.97. The molecule has 0 radical (unpaired) electrons. The SMILES string of the molecule is CCCCCCCCCCOc1ccc(-c2ccccc2O)cc1. The van der Waals surface area contributed by atoms with Gasteiger partial charge in [-0.05, 0) is 30.2 Å². The minimum absolute atomic E-state index is 0.310. The minimum Gasteiger partial charge on any atom is -0.507 e. The Bertz CT molecular complexity index is 575. The van der Waals surface area contributed by atoms with Gasteiger partial charge in [0.25, 0.3) is 0 Å². The third-order valence-electron chi connectivity index (χ3n) is 4.34. The molecule has 1 N–H and O–H groups in total. The Kier molecular flexibility index (Phi) is 8.23. The molecule has 0 aliphatic rings. The first-order valence-electron chi connectivity index (χ1n) is 9.32. The van der Waals surface area contributed by atoms with E-state index in [0.717, 1.165) is 29.9 Å². The number of hydrogen-bond donors (Lipinski definition) is 1. The number of phenols is 1. The quantitative estimate of drug-likeness (QED) is 0.473. The van der Waals surface area contributed by atoms with Gasteiger partial charge in [0.1, 0.15) is 11.5 Å². The first-order chi connectivity index (χ1) is 11.8. The number of phenolic OH excluding ortho intramolecular Hbond substituents is 1. The zero-order valence-electron chi connectivity index (χ0n) is 14.8. The standard InChI is InChI=1S/C22H30O2/c1-2-3-4-5-6-7-8-11-18-24-20-16-14-19(15-17-20)21-12-9-10-13-22(21)23/h9-10,12-17,23H,2-8,11,18H2,1H3. The second kappa shape index (κ2) is 10.7. The van der Waals surface area contributed by atoms with Crippen LogP contribution < -0.4 is 4.74 Å². The van der Waals surface area contributed by atoms with Crippen molar-refractivity contribution in [1.82, 2.24) is 0 Å². The van der Waals surface area contributed by atoms with Gasteiger partial charge in [-0.2, -0.15) is 0 Å². The van der Waals surface area contributed by atoms with E-state index in [1.54, 1.807) is 6.07 Å². The van der Waals surface area contributed by atoms with Crippen LogP contribution in [0.3, 0.4) is 0 Å². The fourth-order valence-electron chi connectivity index (χ4n) is 2.87. The largest absolute Gasteiger partial charge is 0.507 e. The summed E-state index contributed by atoms with van der Waals surface area (Å²) in [7, 11) is 0. The van der Waals surface area contributed by atoms with Crippen LogP contribution in [0.15, 0.2) is 48.5 Å². The van der Waals surface area contributed by atoms with Gasteiger partial charge in [0.05, 0.1) is 6.61 Å². The summed E-state index contributed by atoms with van der Waals surface area (Å²) in [5, 5.41) is 9.89. The third kappa shape index (κ3) is 6.27. The van der Waals surface area contributed by atoms with Crippen LogP contribution in [0.5, 0.6) is 11.5 Å². The number of aromatic hydroxyl groups is 1. The summed E-state index contributed by atoms with van der Waals surface area (Å²) in [5.74, 6) is 1.21. The highest BCUT2D eigenvalue weighted by atomic mass is 16.5. The maximum atomic E-state index is 9.89. The lowest BCUT2D eigenvalue weighted by atomic mass is 10.0. The fraction of sp³-hybridized carbons (Fsp3) is 0.455. The Morgan fingerprint density at radius 2 is 1.38 bits per heavy atom. The van der Waals surface area contributed by atoms with Crippen molar-refractivity contribution < 1.29 is 9.84 Å². The summed E-state index contributed by atoms with van der Waals surface area (Å²) in [4.78, 5) is 0. The maximum absolute atomic E-state index is 9.89. The number of unbranched alkanes of at least 4 members (excludes halogenated alkanes) is 7. The van der Waals surface area contributed by atoms with Crippen LogP contribution in [-0.4, -0.2) is 11.7 Å². The van der Waals surface area contributed by atoms with Crippen molar-refractivity contribution >= 4 is 0 Å². The number of para-hydroxylation sites is 1. The Labute approximate surface area is 146 Å². The van der Waals surface area contributed by atoms with Crippen molar-refractivity contribution in [3.63, 3.8) is 0 Å². The van der Waals surface area contributed by atoms with E-state index in [-0.39, 0.29) is 0 Å². The average molecular weight is 326 g/mol. The molecule has 0 heterocycles. The number of benzene rings is 2. The Morgan fingerprint density at radius 1 is 0.750 bits per heavy atom. The fourth-order valence-corrected chi connectivity index (χ4v) is 2.87. The molecule has 0 saturated carbocycles. The normalized spacial score (nSPS) is 10.7. The predicted octanol–water partition coefficient (Wildman–Crippen LogP) is 6.58. The molecule has 0 aromatic heterocycles. The van der Waals surface area contributed by atoms with Crippen molar-refractivity contribution in [2.75, 3.05) is 6.61 Å². The molecule has 0 aliphatic heterocycles. The van der Waals surface area contributed by atoms with Gasteiger partial charge in [-0.1, -0.05) is 82.2 Å². The van der Waals surface area contributed by atoms with Crippen LogP contribution in [0.2, 0.25) is 0 Å². The zero-order valence-corrected chi connectivity index (χ0v) is 14.8. The number of ether oxygens (including phenoxy) is 1. The molecule has 2 aromatic carbocycles. The van der Waals surface area contributed by atoms with E-state index >= 15 is 0 Å². The van der Waals surface area contributed by atoms with Gasteiger partial charge in [0.2, 0.25) is 0 Å². The maximum Gasteiger partial charge on any atom is 0.123 e. The van der Waals surface area contributed by atoms with E-state index in [0.29, 0.717) is 5.75 Å². The van der Waals surface area contributed by atoms with Crippen molar-refractivity contribution in [2.45, 2.75) is 58.3 Å². The average Bonchev–Trinajstić information content (AvgIpc) is 2.61. The summed E-state index contributed by atoms with van der Waals surface area (Å²) in [5.41, 5.74) is 1.86. The summed E-state index contributed by atoms with van der Waals surface area (Å²) in [6.07, 6.45) is 10.5. The number of hydrogen-bond acceptors (Lipinski definition) is 2. The van der Waals surface area contributed by atoms with Crippen LogP contribution in [-0.2, 0) is 0 Å². The van der Waals surface area contributed by atoms with Crippen molar-refractivity contribution in [3.8, 4) is 22.6 Å². The van der Waals surface area contributed by atoms with Gasteiger partial charge in [-0.15, -0.1) is 0 Å². The Hall–Kier alpha value is -1.96. The van der Waals surface area contributed by atoms with Gasteiger partial charge in [-0.3, -0.25) is 0 Å². The number of rotatable bonds is 11. The van der Waals surface area contributed by atoms with Gasteiger partial charge in [0.15, 0.2) is 0 Å². The molecule has 2 nitrogen and oxygen atoms in total. The van der Waals surface area contributed by atoms with E-state index < -0.39 is 0 Å². The molecule has 0 atom stereocenters. The van der Waals surface area contributed by atoms with Crippen LogP contribution in [0, 0.1) is 0 Å². The molecule has 2 rings (SSSR count). The third-order valence-corrected chi connectivity index (χ3v) is 4.34. The van der Waals surface area contributed by atoms with E-state index in [9.17, 15) is 5.11 Å². The summed E-state index contributed by atoms with van der Waals surface area (Å²) < 4.78 is 5.81.